The summed E-state index contributed by atoms with van der Waals surface area (Å²) in [5.74, 6) is -0.512. The maximum atomic E-state index is 14.2. The molecule has 3 N–H and O–H groups in total. The molecule has 0 aromatic carbocycles. The number of aromatic nitrogens is 2. The molecule has 0 aliphatic carbocycles. The summed E-state index contributed by atoms with van der Waals surface area (Å²) < 4.78 is 62.1. The first-order valence-electron chi connectivity index (χ1n) is 34.5. The molecule has 4 rings (SSSR count). The van der Waals surface area contributed by atoms with E-state index in [-0.39, 0.29) is 49.9 Å². The van der Waals surface area contributed by atoms with Crippen molar-refractivity contribution in [3.63, 3.8) is 0 Å². The Hall–Kier alpha value is -5.23. The van der Waals surface area contributed by atoms with Crippen molar-refractivity contribution in [2.24, 2.45) is 0 Å². The van der Waals surface area contributed by atoms with E-state index in [1.54, 1.807) is 12.4 Å². The molecule has 0 amide bonds. The molecule has 0 bridgehead atoms. The average Bonchev–Trinajstić information content (AvgIpc) is 0.858. The van der Waals surface area contributed by atoms with Crippen LogP contribution < -0.4 is 25.4 Å². The molecule has 2 unspecified atom stereocenters. The standard InChI is InChI=1S/C44H77N5O11.C26H47N5O5/c1-14-54-25-26-55-27-28-56-35-16-15-34(45-30-35)29-36(40(53)60-44(11,12)13)49-23-21-47(32-38(51)58-42(5,6)7)19-17-46(31-37(50)57-41(2,3)4)18-20-48(22-24-49)33-39(52)59-43(8,9)10;1-5-33-16-17-34-18-19-35-23-7-6-22(30-21-23)20-24(25(32)36-26(2,3)4)31-14-12-28-10-8-27-9-11-29-13-15-31/h15-16,30,36H,14,17-29,31-33H2,1-13H3;6-7,21,24,27-29H,5,8-20H2,1-4H3. The molecule has 0 spiro atoms. The predicted molar refractivity (Wildman–Crippen MR) is 369 cm³/mol. The fourth-order valence-corrected chi connectivity index (χ4v) is 9.86. The summed E-state index contributed by atoms with van der Waals surface area (Å²) in [6.45, 7) is 46.7. The number of carbonyl (C=O) groups excluding carboxylic acids is 5. The molecule has 2 saturated heterocycles. The van der Waals surface area contributed by atoms with Gasteiger partial charge in [-0.05, 0) is 142 Å². The minimum atomic E-state index is -0.763. The van der Waals surface area contributed by atoms with E-state index in [9.17, 15) is 24.0 Å². The molecule has 2 aromatic rings. The second-order valence-corrected chi connectivity index (χ2v) is 28.7. The van der Waals surface area contributed by atoms with E-state index in [4.69, 9.17) is 52.1 Å². The lowest BCUT2D eigenvalue weighted by Crippen LogP contribution is -2.53. The van der Waals surface area contributed by atoms with Crippen LogP contribution in [0.3, 0.4) is 0 Å². The molecule has 550 valence electrons. The van der Waals surface area contributed by atoms with Gasteiger partial charge in [0.2, 0.25) is 0 Å². The smallest absolute Gasteiger partial charge is 0.324 e. The summed E-state index contributed by atoms with van der Waals surface area (Å²) in [4.78, 5) is 86.4. The van der Waals surface area contributed by atoms with Gasteiger partial charge in [0.05, 0.1) is 71.7 Å². The third-order valence-corrected chi connectivity index (χ3v) is 14.1. The highest BCUT2D eigenvalue weighted by Crippen LogP contribution is 2.21. The van der Waals surface area contributed by atoms with Gasteiger partial charge in [0.15, 0.2) is 0 Å². The fourth-order valence-electron chi connectivity index (χ4n) is 9.86. The first-order chi connectivity index (χ1) is 45.2. The van der Waals surface area contributed by atoms with Crippen molar-refractivity contribution in [2.75, 3.05) is 190 Å². The van der Waals surface area contributed by atoms with E-state index in [0.29, 0.717) is 142 Å². The van der Waals surface area contributed by atoms with Crippen LogP contribution in [0.4, 0.5) is 0 Å². The number of nitrogens with zero attached hydrogens (tertiary/aromatic N) is 7. The molecule has 2 fully saturated rings. The lowest BCUT2D eigenvalue weighted by molar-refractivity contribution is -0.163. The van der Waals surface area contributed by atoms with Gasteiger partial charge in [-0.25, -0.2) is 0 Å². The third-order valence-electron chi connectivity index (χ3n) is 14.1. The number of carbonyl (C=O) groups is 5. The van der Waals surface area contributed by atoms with E-state index in [0.717, 1.165) is 58.1 Å². The molecule has 96 heavy (non-hydrogen) atoms. The van der Waals surface area contributed by atoms with Gasteiger partial charge in [-0.3, -0.25) is 58.4 Å². The largest absolute Gasteiger partial charge is 0.490 e. The van der Waals surface area contributed by atoms with Crippen LogP contribution >= 0.6 is 0 Å². The van der Waals surface area contributed by atoms with Crippen LogP contribution in [0.25, 0.3) is 0 Å². The fraction of sp³-hybridized carbons (Fsp3) is 0.786. The summed E-state index contributed by atoms with van der Waals surface area (Å²) in [5, 5.41) is 10.3. The van der Waals surface area contributed by atoms with Gasteiger partial charge in [0.25, 0.3) is 0 Å². The van der Waals surface area contributed by atoms with Crippen LogP contribution in [0.5, 0.6) is 11.5 Å². The number of ether oxygens (including phenoxy) is 11. The van der Waals surface area contributed by atoms with Crippen LogP contribution in [-0.2, 0) is 79.4 Å². The number of hydrogen-bond donors (Lipinski definition) is 3. The molecule has 2 aliphatic rings. The van der Waals surface area contributed by atoms with Gasteiger partial charge in [-0.15, -0.1) is 0 Å². The van der Waals surface area contributed by atoms with Crippen LogP contribution in [-0.4, -0.2) is 295 Å². The highest BCUT2D eigenvalue weighted by molar-refractivity contribution is 5.77. The van der Waals surface area contributed by atoms with Gasteiger partial charge >= 0.3 is 29.8 Å². The third kappa shape index (κ3) is 41.9. The molecule has 2 aliphatic heterocycles. The quantitative estimate of drug-likeness (QED) is 0.0535. The zero-order valence-corrected chi connectivity index (χ0v) is 61.7. The number of rotatable bonds is 30. The Morgan fingerprint density at radius 2 is 0.677 bits per heavy atom. The van der Waals surface area contributed by atoms with Crippen LogP contribution in [0.15, 0.2) is 36.7 Å². The minimum Gasteiger partial charge on any atom is -0.490 e. The minimum absolute atomic E-state index is 0.00777. The summed E-state index contributed by atoms with van der Waals surface area (Å²) in [6, 6.07) is 6.27. The Balaban J connectivity index is 0.000000566. The van der Waals surface area contributed by atoms with E-state index in [1.165, 1.54) is 0 Å². The molecule has 2 aromatic heterocycles. The molecular weight excluding hydrogens is 1240 g/mol. The average molecular weight is 1360 g/mol. The van der Waals surface area contributed by atoms with Crippen molar-refractivity contribution in [2.45, 2.75) is 171 Å². The van der Waals surface area contributed by atoms with E-state index < -0.39 is 46.1 Å². The predicted octanol–water partition coefficient (Wildman–Crippen LogP) is 4.86. The lowest BCUT2D eigenvalue weighted by atomic mass is 10.1. The van der Waals surface area contributed by atoms with Crippen molar-refractivity contribution < 1.29 is 76.1 Å². The Morgan fingerprint density at radius 3 is 0.979 bits per heavy atom. The molecule has 0 radical (unpaired) electrons. The maximum absolute atomic E-state index is 14.2. The normalized spacial score (nSPS) is 17.1. The van der Waals surface area contributed by atoms with E-state index in [1.807, 2.05) is 162 Å². The number of pyridine rings is 2. The van der Waals surface area contributed by atoms with Crippen molar-refractivity contribution in [1.82, 2.24) is 50.4 Å². The van der Waals surface area contributed by atoms with Crippen molar-refractivity contribution >= 4 is 29.8 Å². The number of nitrogens with one attached hydrogen (secondary N) is 3. The Morgan fingerprint density at radius 1 is 0.385 bits per heavy atom. The van der Waals surface area contributed by atoms with Crippen LogP contribution in [0.1, 0.15) is 129 Å². The molecule has 26 nitrogen and oxygen atoms in total. The van der Waals surface area contributed by atoms with Crippen LogP contribution in [0.2, 0.25) is 0 Å². The zero-order chi connectivity index (χ0) is 71.2. The summed E-state index contributed by atoms with van der Waals surface area (Å²) in [5.41, 5.74) is -1.85. The second kappa shape index (κ2) is 44.7. The first-order valence-corrected chi connectivity index (χ1v) is 34.5. The van der Waals surface area contributed by atoms with Gasteiger partial charge in [0.1, 0.15) is 64.8 Å². The van der Waals surface area contributed by atoms with Gasteiger partial charge in [-0.2, -0.15) is 0 Å². The van der Waals surface area contributed by atoms with E-state index >= 15 is 0 Å². The monoisotopic (exact) mass is 1360 g/mol. The van der Waals surface area contributed by atoms with Crippen molar-refractivity contribution in [3.05, 3.63) is 48.0 Å². The molecular formula is C70H124N10O16. The highest BCUT2D eigenvalue weighted by Gasteiger charge is 2.35. The highest BCUT2D eigenvalue weighted by atomic mass is 16.6. The number of hydrogen-bond acceptors (Lipinski definition) is 26. The molecule has 4 heterocycles. The summed E-state index contributed by atoms with van der Waals surface area (Å²) in [6.07, 6.45) is 4.04. The van der Waals surface area contributed by atoms with Crippen molar-refractivity contribution in [3.8, 4) is 11.5 Å². The molecule has 2 atom stereocenters. The maximum Gasteiger partial charge on any atom is 0.324 e. The molecule has 0 saturated carbocycles. The lowest BCUT2D eigenvalue weighted by Gasteiger charge is -2.37. The van der Waals surface area contributed by atoms with Gasteiger partial charge in [0, 0.05) is 142 Å². The van der Waals surface area contributed by atoms with Crippen molar-refractivity contribution in [1.29, 1.82) is 0 Å². The Kier molecular flexibility index (Phi) is 39.6. The van der Waals surface area contributed by atoms with Gasteiger partial charge in [-0.1, -0.05) is 0 Å². The Labute approximate surface area is 574 Å². The zero-order valence-electron chi connectivity index (χ0n) is 61.7. The first kappa shape index (κ1) is 85.0. The SMILES string of the molecule is CCOCCOCCOc1ccc(CC(C(=O)OC(C)(C)C)N2CCN(CC(=O)OC(C)(C)C)CCN(CC(=O)OC(C)(C)C)CCN(CC(=O)OC(C)(C)C)CC2)nc1.CCOCCOCCOc1ccc(CC(C(=O)OC(C)(C)C)N2CCNCCNCCNCC2)nc1. The van der Waals surface area contributed by atoms with Gasteiger partial charge < -0.3 is 68.1 Å². The summed E-state index contributed by atoms with van der Waals surface area (Å²) in [7, 11) is 0. The molecule has 26 heteroatoms. The summed E-state index contributed by atoms with van der Waals surface area (Å²) >= 11 is 0. The Bertz CT molecular complexity index is 2420. The topological polar surface area (TPSA) is 265 Å². The second-order valence-electron chi connectivity index (χ2n) is 28.7. The van der Waals surface area contributed by atoms with E-state index in [2.05, 4.69) is 30.8 Å². The van der Waals surface area contributed by atoms with Crippen LogP contribution in [0, 0.1) is 0 Å². The number of esters is 5.